The van der Waals surface area contributed by atoms with E-state index < -0.39 is 0 Å². The summed E-state index contributed by atoms with van der Waals surface area (Å²) in [7, 11) is 2.01. The van der Waals surface area contributed by atoms with Crippen LogP contribution in [0.5, 0.6) is 0 Å². The first-order chi connectivity index (χ1) is 7.36. The van der Waals surface area contributed by atoms with E-state index in [1.165, 1.54) is 0 Å². The van der Waals surface area contributed by atoms with Gasteiger partial charge < -0.3 is 9.80 Å². The SMILES string of the molecule is CC(C)N(C)CCN1C(=O)N(I)C(=O)C1C. The van der Waals surface area contributed by atoms with Gasteiger partial charge in [-0.2, -0.15) is 0 Å². The highest BCUT2D eigenvalue weighted by molar-refractivity contribution is 14.1. The summed E-state index contributed by atoms with van der Waals surface area (Å²) in [6, 6.07) is -0.0837. The zero-order valence-electron chi connectivity index (χ0n) is 10.1. The first kappa shape index (κ1) is 13.7. The van der Waals surface area contributed by atoms with Crippen LogP contribution in [-0.2, 0) is 4.79 Å². The average molecular weight is 339 g/mol. The third-order valence-electron chi connectivity index (χ3n) is 3.01. The smallest absolute Gasteiger partial charge is 0.311 e. The number of amides is 3. The molecule has 0 aliphatic carbocycles. The van der Waals surface area contributed by atoms with Crippen LogP contribution >= 0.6 is 22.9 Å². The van der Waals surface area contributed by atoms with E-state index >= 15 is 0 Å². The Morgan fingerprint density at radius 2 is 2.00 bits per heavy atom. The Morgan fingerprint density at radius 3 is 2.38 bits per heavy atom. The molecule has 0 N–H and O–H groups in total. The van der Waals surface area contributed by atoms with Crippen LogP contribution in [0.15, 0.2) is 0 Å². The summed E-state index contributed by atoms with van der Waals surface area (Å²) in [5.74, 6) is -0.127. The van der Waals surface area contributed by atoms with Crippen LogP contribution in [-0.4, -0.2) is 57.1 Å². The lowest BCUT2D eigenvalue weighted by Crippen LogP contribution is -2.40. The second-order valence-electron chi connectivity index (χ2n) is 4.35. The van der Waals surface area contributed by atoms with Crippen molar-refractivity contribution in [1.82, 2.24) is 12.9 Å². The molecule has 0 saturated carbocycles. The molecule has 1 aliphatic heterocycles. The molecule has 1 aliphatic rings. The number of hydrogen-bond acceptors (Lipinski definition) is 3. The molecule has 0 aromatic heterocycles. The molecule has 0 aromatic carbocycles. The lowest BCUT2D eigenvalue weighted by molar-refractivity contribution is -0.123. The Morgan fingerprint density at radius 1 is 1.44 bits per heavy atom. The number of halogens is 1. The van der Waals surface area contributed by atoms with Crippen molar-refractivity contribution >= 4 is 34.8 Å². The summed E-state index contributed by atoms with van der Waals surface area (Å²) in [4.78, 5) is 27.0. The van der Waals surface area contributed by atoms with Gasteiger partial charge in [0.2, 0.25) is 0 Å². The Kier molecular flexibility index (Phi) is 4.54. The summed E-state index contributed by atoms with van der Waals surface area (Å²) in [6.45, 7) is 7.36. The molecule has 1 rings (SSSR count). The first-order valence-corrected chi connectivity index (χ1v) is 6.33. The van der Waals surface area contributed by atoms with Gasteiger partial charge in [-0.15, -0.1) is 0 Å². The highest BCUT2D eigenvalue weighted by atomic mass is 127. The number of imide groups is 1. The second-order valence-corrected chi connectivity index (χ2v) is 5.31. The summed E-state index contributed by atoms with van der Waals surface area (Å²) >= 11 is 1.76. The van der Waals surface area contributed by atoms with E-state index in [1.54, 1.807) is 34.7 Å². The number of carbonyl (C=O) groups excluding carboxylic acids is 2. The van der Waals surface area contributed by atoms with Crippen LogP contribution in [0.3, 0.4) is 0 Å². The zero-order chi connectivity index (χ0) is 12.5. The number of nitrogens with zero attached hydrogens (tertiary/aromatic N) is 3. The second kappa shape index (κ2) is 5.31. The molecular formula is C10H18IN3O2. The monoisotopic (exact) mass is 339 g/mol. The summed E-state index contributed by atoms with van der Waals surface area (Å²) < 4.78 is 1.16. The highest BCUT2D eigenvalue weighted by Gasteiger charge is 2.41. The Labute approximate surface area is 110 Å². The number of likely N-dealkylation sites (N-methyl/N-ethyl adjacent to an activating group) is 1. The third-order valence-corrected chi connectivity index (χ3v) is 3.90. The molecule has 0 bridgehead atoms. The van der Waals surface area contributed by atoms with Gasteiger partial charge in [0.25, 0.3) is 5.91 Å². The number of hydrogen-bond donors (Lipinski definition) is 0. The van der Waals surface area contributed by atoms with E-state index in [1.807, 2.05) is 7.05 Å². The fraction of sp³-hybridized carbons (Fsp3) is 0.800. The van der Waals surface area contributed by atoms with E-state index in [0.717, 1.165) is 9.66 Å². The molecule has 1 heterocycles. The van der Waals surface area contributed by atoms with Crippen molar-refractivity contribution in [3.8, 4) is 0 Å². The molecule has 0 aromatic rings. The molecular weight excluding hydrogens is 321 g/mol. The maximum absolute atomic E-state index is 11.7. The van der Waals surface area contributed by atoms with Crippen LogP contribution in [0.4, 0.5) is 4.79 Å². The molecule has 3 amide bonds. The van der Waals surface area contributed by atoms with Crippen LogP contribution in [0, 0.1) is 0 Å². The minimum Gasteiger partial charge on any atom is -0.311 e. The Balaban J connectivity index is 2.55. The van der Waals surface area contributed by atoms with Gasteiger partial charge in [0.05, 0.1) is 22.9 Å². The van der Waals surface area contributed by atoms with Crippen LogP contribution < -0.4 is 0 Å². The quantitative estimate of drug-likeness (QED) is 0.441. The number of urea groups is 1. The molecule has 1 saturated heterocycles. The lowest BCUT2D eigenvalue weighted by Gasteiger charge is -2.25. The standard InChI is InChI=1S/C10H18IN3O2/c1-7(2)12(4)5-6-13-8(3)9(15)14(11)10(13)16/h7-8H,5-6H2,1-4H3. The van der Waals surface area contributed by atoms with Crippen molar-refractivity contribution in [2.24, 2.45) is 0 Å². The fourth-order valence-corrected chi connectivity index (χ4v) is 2.16. The van der Waals surface area contributed by atoms with Gasteiger partial charge in [0.15, 0.2) is 0 Å². The zero-order valence-corrected chi connectivity index (χ0v) is 12.3. The molecule has 6 heteroatoms. The Bertz CT molecular complexity index is 296. The van der Waals surface area contributed by atoms with Gasteiger partial charge in [-0.05, 0) is 27.8 Å². The van der Waals surface area contributed by atoms with Crippen molar-refractivity contribution in [2.45, 2.75) is 32.9 Å². The van der Waals surface area contributed by atoms with Gasteiger partial charge >= 0.3 is 6.03 Å². The molecule has 1 unspecified atom stereocenters. The van der Waals surface area contributed by atoms with E-state index in [-0.39, 0.29) is 18.0 Å². The lowest BCUT2D eigenvalue weighted by atomic mass is 10.3. The molecule has 1 fully saturated rings. The first-order valence-electron chi connectivity index (χ1n) is 5.36. The summed E-state index contributed by atoms with van der Waals surface area (Å²) in [6.07, 6.45) is 0. The van der Waals surface area contributed by atoms with Crippen LogP contribution in [0.25, 0.3) is 0 Å². The molecule has 92 valence electrons. The van der Waals surface area contributed by atoms with E-state index in [9.17, 15) is 9.59 Å². The normalized spacial score (nSPS) is 21.8. The van der Waals surface area contributed by atoms with Crippen LogP contribution in [0.2, 0.25) is 0 Å². The van der Waals surface area contributed by atoms with Gasteiger partial charge in [-0.25, -0.2) is 7.91 Å². The maximum atomic E-state index is 11.7. The highest BCUT2D eigenvalue weighted by Crippen LogP contribution is 2.20. The van der Waals surface area contributed by atoms with Crippen molar-refractivity contribution < 1.29 is 9.59 Å². The Hall–Kier alpha value is -0.370. The third kappa shape index (κ3) is 2.65. The average Bonchev–Trinajstić information content (AvgIpc) is 2.41. The van der Waals surface area contributed by atoms with E-state index in [2.05, 4.69) is 18.7 Å². The topological polar surface area (TPSA) is 43.9 Å². The molecule has 5 nitrogen and oxygen atoms in total. The van der Waals surface area contributed by atoms with E-state index in [4.69, 9.17) is 0 Å². The summed E-state index contributed by atoms with van der Waals surface area (Å²) in [5, 5.41) is 0. The molecule has 16 heavy (non-hydrogen) atoms. The van der Waals surface area contributed by atoms with Crippen molar-refractivity contribution in [3.05, 3.63) is 0 Å². The number of carbonyl (C=O) groups is 2. The van der Waals surface area contributed by atoms with Gasteiger partial charge in [-0.1, -0.05) is 0 Å². The largest absolute Gasteiger partial charge is 0.336 e. The minimum atomic E-state index is -0.329. The van der Waals surface area contributed by atoms with Gasteiger partial charge in [-0.3, -0.25) is 4.79 Å². The van der Waals surface area contributed by atoms with E-state index in [0.29, 0.717) is 12.6 Å². The molecule has 0 spiro atoms. The summed E-state index contributed by atoms with van der Waals surface area (Å²) in [5.41, 5.74) is 0. The van der Waals surface area contributed by atoms with Crippen molar-refractivity contribution in [3.63, 3.8) is 0 Å². The number of rotatable bonds is 4. The van der Waals surface area contributed by atoms with Crippen molar-refractivity contribution in [2.75, 3.05) is 20.1 Å². The van der Waals surface area contributed by atoms with Gasteiger partial charge in [0, 0.05) is 19.1 Å². The van der Waals surface area contributed by atoms with Crippen LogP contribution in [0.1, 0.15) is 20.8 Å². The maximum Gasteiger partial charge on any atom is 0.336 e. The predicted molar refractivity (Wildman–Crippen MR) is 70.2 cm³/mol. The molecule has 0 radical (unpaired) electrons. The molecule has 1 atom stereocenters. The van der Waals surface area contributed by atoms with Gasteiger partial charge in [0.1, 0.15) is 6.04 Å². The van der Waals surface area contributed by atoms with Crippen molar-refractivity contribution in [1.29, 1.82) is 0 Å². The minimum absolute atomic E-state index is 0.127. The predicted octanol–water partition coefficient (Wildman–Crippen LogP) is 1.33. The fourth-order valence-electron chi connectivity index (χ4n) is 1.48.